The molecule has 1 aromatic carbocycles. The number of ether oxygens (including phenoxy) is 1. The first-order chi connectivity index (χ1) is 19.0. The summed E-state index contributed by atoms with van der Waals surface area (Å²) in [7, 11) is 1.59. The zero-order valence-electron chi connectivity index (χ0n) is 21.9. The van der Waals surface area contributed by atoms with Gasteiger partial charge < -0.3 is 14.2 Å². The average molecular weight is 532 g/mol. The van der Waals surface area contributed by atoms with Crippen LogP contribution in [0.25, 0.3) is 10.9 Å². The third-order valence-corrected chi connectivity index (χ3v) is 7.78. The normalized spacial score (nSPS) is 17.6. The van der Waals surface area contributed by atoms with E-state index < -0.39 is 11.6 Å². The predicted octanol–water partition coefficient (Wildman–Crippen LogP) is 5.08. The molecule has 1 aliphatic heterocycles. The lowest BCUT2D eigenvalue weighted by Gasteiger charge is -2.40. The van der Waals surface area contributed by atoms with Crippen LogP contribution in [0.15, 0.2) is 66.0 Å². The highest BCUT2D eigenvalue weighted by Gasteiger charge is 2.29. The van der Waals surface area contributed by atoms with Gasteiger partial charge in [0.2, 0.25) is 5.88 Å². The summed E-state index contributed by atoms with van der Waals surface area (Å²) in [6.07, 6.45) is 11.1. The number of nitrogens with zero attached hydrogens (tertiary/aromatic N) is 5. The number of pyridine rings is 3. The Kier molecular flexibility index (Phi) is 6.99. The highest BCUT2D eigenvalue weighted by atomic mass is 19.2. The molecule has 0 unspecified atom stereocenters. The fourth-order valence-corrected chi connectivity index (χ4v) is 5.62. The second-order valence-electron chi connectivity index (χ2n) is 10.5. The summed E-state index contributed by atoms with van der Waals surface area (Å²) in [6.45, 7) is 2.70. The van der Waals surface area contributed by atoms with Crippen molar-refractivity contribution in [2.75, 3.05) is 25.1 Å². The molecule has 1 atom stereocenters. The van der Waals surface area contributed by atoms with Crippen molar-refractivity contribution in [1.29, 1.82) is 0 Å². The van der Waals surface area contributed by atoms with Gasteiger partial charge in [-0.3, -0.25) is 14.7 Å². The molecule has 2 fully saturated rings. The maximum absolute atomic E-state index is 14.3. The van der Waals surface area contributed by atoms with Gasteiger partial charge in [0, 0.05) is 79.9 Å². The van der Waals surface area contributed by atoms with Crippen molar-refractivity contribution in [3.8, 4) is 5.88 Å². The molecule has 202 valence electrons. The van der Waals surface area contributed by atoms with E-state index in [-0.39, 0.29) is 22.9 Å². The number of piperidine rings is 1. The topological polar surface area (TPSA) is 63.5 Å². The van der Waals surface area contributed by atoms with Gasteiger partial charge in [0.25, 0.3) is 0 Å². The molecule has 1 saturated heterocycles. The highest BCUT2D eigenvalue weighted by Crippen LogP contribution is 2.37. The minimum atomic E-state index is -1.00. The van der Waals surface area contributed by atoms with Crippen LogP contribution in [0.1, 0.15) is 42.9 Å². The molecule has 6 rings (SSSR count). The summed E-state index contributed by atoms with van der Waals surface area (Å²) in [5, 5.41) is 0.226. The molecule has 2 aliphatic rings. The van der Waals surface area contributed by atoms with E-state index in [2.05, 4.69) is 25.8 Å². The quantitative estimate of drug-likeness (QED) is 0.316. The minimum Gasteiger partial charge on any atom is -0.481 e. The van der Waals surface area contributed by atoms with Gasteiger partial charge in [0.05, 0.1) is 24.5 Å². The first-order valence-electron chi connectivity index (χ1n) is 13.4. The van der Waals surface area contributed by atoms with Crippen molar-refractivity contribution >= 4 is 16.6 Å². The van der Waals surface area contributed by atoms with Gasteiger partial charge in [-0.2, -0.15) is 0 Å². The molecule has 0 amide bonds. The molecule has 4 heterocycles. The molecule has 39 heavy (non-hydrogen) atoms. The lowest BCUT2D eigenvalue weighted by atomic mass is 10.0. The Balaban J connectivity index is 1.38. The van der Waals surface area contributed by atoms with E-state index in [9.17, 15) is 13.6 Å². The molecule has 3 aromatic heterocycles. The molecule has 0 spiro atoms. The Morgan fingerprint density at radius 3 is 2.69 bits per heavy atom. The number of methoxy groups -OCH3 is 1. The van der Waals surface area contributed by atoms with Crippen LogP contribution in [0.3, 0.4) is 0 Å². The minimum absolute atomic E-state index is 0.160. The number of benzene rings is 1. The van der Waals surface area contributed by atoms with Crippen molar-refractivity contribution in [1.82, 2.24) is 19.4 Å². The third kappa shape index (κ3) is 5.36. The first-order valence-corrected chi connectivity index (χ1v) is 13.4. The van der Waals surface area contributed by atoms with Gasteiger partial charge in [-0.05, 0) is 55.5 Å². The fraction of sp³-hybridized carbons (Fsp3) is 0.367. The molecule has 9 heteroatoms. The lowest BCUT2D eigenvalue weighted by Crippen LogP contribution is -2.48. The molecule has 0 bridgehead atoms. The van der Waals surface area contributed by atoms with Gasteiger partial charge in [-0.1, -0.05) is 0 Å². The van der Waals surface area contributed by atoms with E-state index in [0.717, 1.165) is 62.2 Å². The summed E-state index contributed by atoms with van der Waals surface area (Å²) >= 11 is 0. The standard InChI is InChI=1S/C30H31F2N5O2/c1-39-29-12-20(8-10-34-29)16-36(24-5-3-11-35(19-24)23-4-2-9-33-15-23)17-21-18-37(22-6-7-22)28-14-27(32)26(31)13-25(28)30(21)38/h2,4,8-10,12-15,18,22,24H,3,5-7,11,16-17,19H2,1H3/t24-/m0/s1. The van der Waals surface area contributed by atoms with E-state index in [1.807, 2.05) is 35.2 Å². The highest BCUT2D eigenvalue weighted by molar-refractivity contribution is 5.80. The van der Waals surface area contributed by atoms with Gasteiger partial charge in [-0.15, -0.1) is 0 Å². The Morgan fingerprint density at radius 1 is 1.08 bits per heavy atom. The van der Waals surface area contributed by atoms with Gasteiger partial charge >= 0.3 is 0 Å². The molecule has 4 aromatic rings. The summed E-state index contributed by atoms with van der Waals surface area (Å²) in [5.74, 6) is -1.40. The monoisotopic (exact) mass is 531 g/mol. The second kappa shape index (κ2) is 10.7. The molecule has 1 saturated carbocycles. The second-order valence-corrected chi connectivity index (χ2v) is 10.5. The lowest BCUT2D eigenvalue weighted by molar-refractivity contribution is 0.158. The molecule has 0 radical (unpaired) electrons. The number of halogens is 2. The summed E-state index contributed by atoms with van der Waals surface area (Å²) in [6, 6.07) is 10.4. The van der Waals surface area contributed by atoms with Crippen molar-refractivity contribution in [3.05, 3.63) is 94.2 Å². The van der Waals surface area contributed by atoms with Crippen molar-refractivity contribution < 1.29 is 13.5 Å². The number of hydrogen-bond acceptors (Lipinski definition) is 6. The number of aromatic nitrogens is 3. The van der Waals surface area contributed by atoms with Gasteiger partial charge in [0.15, 0.2) is 17.1 Å². The molecule has 0 N–H and O–H groups in total. The Morgan fingerprint density at radius 2 is 1.92 bits per heavy atom. The van der Waals surface area contributed by atoms with E-state index in [0.29, 0.717) is 30.0 Å². The Hall–Kier alpha value is -3.85. The first kappa shape index (κ1) is 25.4. The maximum Gasteiger partial charge on any atom is 0.213 e. The zero-order valence-corrected chi connectivity index (χ0v) is 21.9. The van der Waals surface area contributed by atoms with Crippen LogP contribution in [0, 0.1) is 11.6 Å². The number of fused-ring (bicyclic) bond motifs is 1. The van der Waals surface area contributed by atoms with Crippen LogP contribution in [0.4, 0.5) is 14.5 Å². The summed E-state index contributed by atoms with van der Waals surface area (Å²) in [5.41, 5.74) is 2.89. The van der Waals surface area contributed by atoms with E-state index in [1.54, 1.807) is 19.5 Å². The van der Waals surface area contributed by atoms with Crippen LogP contribution < -0.4 is 15.1 Å². The van der Waals surface area contributed by atoms with E-state index in [4.69, 9.17) is 4.74 Å². The van der Waals surface area contributed by atoms with Crippen molar-refractivity contribution in [3.63, 3.8) is 0 Å². The van der Waals surface area contributed by atoms with Crippen LogP contribution in [0.5, 0.6) is 5.88 Å². The molecular formula is C30H31F2N5O2. The number of anilines is 1. The molecule has 7 nitrogen and oxygen atoms in total. The largest absolute Gasteiger partial charge is 0.481 e. The maximum atomic E-state index is 14.3. The van der Waals surface area contributed by atoms with Crippen LogP contribution in [-0.2, 0) is 13.1 Å². The van der Waals surface area contributed by atoms with Crippen LogP contribution >= 0.6 is 0 Å². The molecular weight excluding hydrogens is 500 g/mol. The van der Waals surface area contributed by atoms with E-state index in [1.165, 1.54) is 0 Å². The fourth-order valence-electron chi connectivity index (χ4n) is 5.62. The number of hydrogen-bond donors (Lipinski definition) is 0. The van der Waals surface area contributed by atoms with Crippen molar-refractivity contribution in [2.45, 2.75) is 50.9 Å². The Labute approximate surface area is 225 Å². The van der Waals surface area contributed by atoms with Crippen molar-refractivity contribution in [2.24, 2.45) is 0 Å². The third-order valence-electron chi connectivity index (χ3n) is 7.78. The smallest absolute Gasteiger partial charge is 0.213 e. The summed E-state index contributed by atoms with van der Waals surface area (Å²) < 4.78 is 35.7. The SMILES string of the molecule is COc1cc(CN(Cc2cn(C3CC3)c3cc(F)c(F)cc3c2=O)[C@H]2CCCN(c3cccnc3)C2)ccn1. The van der Waals surface area contributed by atoms with E-state index >= 15 is 0 Å². The predicted molar refractivity (Wildman–Crippen MR) is 146 cm³/mol. The summed E-state index contributed by atoms with van der Waals surface area (Å²) in [4.78, 5) is 26.9. The zero-order chi connectivity index (χ0) is 26.9. The van der Waals surface area contributed by atoms with Gasteiger partial charge in [-0.25, -0.2) is 13.8 Å². The average Bonchev–Trinajstić information content (AvgIpc) is 3.81. The Bertz CT molecular complexity index is 1540. The van der Waals surface area contributed by atoms with Crippen LogP contribution in [-0.4, -0.2) is 45.7 Å². The van der Waals surface area contributed by atoms with Gasteiger partial charge in [0.1, 0.15) is 0 Å². The van der Waals surface area contributed by atoms with Crippen LogP contribution in [0.2, 0.25) is 0 Å². The number of rotatable bonds is 8. The molecule has 1 aliphatic carbocycles.